The topological polar surface area (TPSA) is 127 Å². The summed E-state index contributed by atoms with van der Waals surface area (Å²) in [6.45, 7) is 6.16. The van der Waals surface area contributed by atoms with Crippen LogP contribution in [0.1, 0.15) is 76.3 Å². The normalized spacial score (nSPS) is 23.6. The number of quaternary nitrogens is 1. The van der Waals surface area contributed by atoms with Crippen LogP contribution in [0, 0.1) is 17.8 Å². The van der Waals surface area contributed by atoms with Gasteiger partial charge >= 0.3 is 0 Å². The second-order valence-corrected chi connectivity index (χ2v) is 10.2. The Morgan fingerprint density at radius 2 is 1.97 bits per heavy atom. The highest BCUT2D eigenvalue weighted by Crippen LogP contribution is 2.48. The van der Waals surface area contributed by atoms with Gasteiger partial charge in [-0.05, 0) is 79.9 Å². The fourth-order valence-electron chi connectivity index (χ4n) is 5.67. The highest BCUT2D eigenvalue weighted by atomic mass is 16.5. The summed E-state index contributed by atoms with van der Waals surface area (Å²) in [5.74, 6) is 0.440. The first kappa shape index (κ1) is 29.6. The molecule has 35 heavy (non-hydrogen) atoms. The summed E-state index contributed by atoms with van der Waals surface area (Å²) in [7, 11) is 0. The van der Waals surface area contributed by atoms with Gasteiger partial charge in [0.25, 0.3) is 0 Å². The van der Waals surface area contributed by atoms with Gasteiger partial charge in [0, 0.05) is 0 Å². The van der Waals surface area contributed by atoms with Gasteiger partial charge in [0.15, 0.2) is 0 Å². The van der Waals surface area contributed by atoms with Crippen molar-refractivity contribution in [3.63, 3.8) is 0 Å². The van der Waals surface area contributed by atoms with Crippen molar-refractivity contribution in [2.45, 2.75) is 90.3 Å². The Morgan fingerprint density at radius 3 is 2.66 bits per heavy atom. The Bertz CT molecular complexity index is 738. The minimum atomic E-state index is -1.22. The van der Waals surface area contributed by atoms with Crippen LogP contribution < -0.4 is 15.2 Å². The summed E-state index contributed by atoms with van der Waals surface area (Å²) in [4.78, 5) is 10.7. The smallest absolute Gasteiger partial charge is 0.128 e. The monoisotopic (exact) mass is 493 g/mol. The van der Waals surface area contributed by atoms with Crippen LogP contribution in [0.2, 0.25) is 0 Å². The molecule has 200 valence electrons. The zero-order chi connectivity index (χ0) is 25.6. The van der Waals surface area contributed by atoms with Gasteiger partial charge in [0.1, 0.15) is 12.4 Å². The van der Waals surface area contributed by atoms with E-state index in [2.05, 4.69) is 25.2 Å². The Morgan fingerprint density at radius 1 is 1.17 bits per heavy atom. The summed E-state index contributed by atoms with van der Waals surface area (Å²) in [5.41, 5.74) is 2.28. The lowest BCUT2D eigenvalue weighted by Crippen LogP contribution is -2.85. The molecule has 0 aromatic heterocycles. The third-order valence-electron chi connectivity index (χ3n) is 7.49. The number of unbranched alkanes of at least 4 members (excludes halogenated alkanes) is 2. The van der Waals surface area contributed by atoms with E-state index in [1.807, 2.05) is 12.1 Å². The predicted octanol–water partition coefficient (Wildman–Crippen LogP) is 1.20. The van der Waals surface area contributed by atoms with E-state index >= 15 is 0 Å². The molecule has 0 unspecified atom stereocenters. The number of carbonyl (C=O) groups is 1. The van der Waals surface area contributed by atoms with Crippen LogP contribution in [0.4, 0.5) is 0 Å². The molecule has 2 aliphatic carbocycles. The number of rotatable bonds is 14. The van der Waals surface area contributed by atoms with Crippen molar-refractivity contribution in [3.8, 4) is 5.75 Å². The van der Waals surface area contributed by atoms with E-state index in [0.29, 0.717) is 24.2 Å². The van der Waals surface area contributed by atoms with Crippen molar-refractivity contribution < 1.29 is 35.3 Å². The van der Waals surface area contributed by atoms with Gasteiger partial charge in [-0.2, -0.15) is 0 Å². The molecule has 0 spiro atoms. The molecule has 5 atom stereocenters. The maximum Gasteiger partial charge on any atom is 0.128 e. The summed E-state index contributed by atoms with van der Waals surface area (Å²) in [6, 6.07) is 5.80. The van der Waals surface area contributed by atoms with Crippen molar-refractivity contribution in [1.29, 1.82) is 0 Å². The van der Waals surface area contributed by atoms with Gasteiger partial charge in [-0.3, -0.25) is 0 Å². The minimum Gasteiger partial charge on any atom is -0.546 e. The van der Waals surface area contributed by atoms with Crippen molar-refractivity contribution in [2.24, 2.45) is 17.8 Å². The molecule has 7 nitrogen and oxygen atoms in total. The number of aliphatic carboxylic acids is 1. The highest BCUT2D eigenvalue weighted by molar-refractivity contribution is 5.66. The molecule has 5 N–H and O–H groups in total. The summed E-state index contributed by atoms with van der Waals surface area (Å²) in [5, 5.41) is 42.0. The van der Waals surface area contributed by atoms with E-state index in [4.69, 9.17) is 9.84 Å². The highest BCUT2D eigenvalue weighted by Gasteiger charge is 2.44. The fourth-order valence-corrected chi connectivity index (χ4v) is 5.67. The lowest BCUT2D eigenvalue weighted by molar-refractivity contribution is -0.655. The second-order valence-electron chi connectivity index (χ2n) is 10.2. The van der Waals surface area contributed by atoms with Crippen LogP contribution in [0.15, 0.2) is 18.2 Å². The van der Waals surface area contributed by atoms with Crippen LogP contribution in [0.3, 0.4) is 0 Å². The molecular formula is C28H47NO6. The maximum absolute atomic E-state index is 10.7. The third kappa shape index (κ3) is 9.71. The standard InChI is InChI=1S/C23H34O5.C5H13NO/c1-2-3-4-7-17(24)9-10-18-19-11-15-6-5-8-22(28-14-23(26)27)20(15)12-16(19)13-21(18)25;1-2-3-6-4-5-7/h5-6,8,16-19,21,24-25H,2-4,7,9-14H2,1H3,(H,26,27);6-7H,2-5H2,1H3/t16-,17-,18+,19-,21+;/m0./s1. The minimum absolute atomic E-state index is 0.228. The number of nitrogens with two attached hydrogens (primary N) is 1. The molecule has 0 amide bonds. The van der Waals surface area contributed by atoms with E-state index in [-0.39, 0.29) is 18.1 Å². The lowest BCUT2D eigenvalue weighted by atomic mass is 9.73. The number of hydrogen-bond acceptors (Lipinski definition) is 6. The van der Waals surface area contributed by atoms with Gasteiger partial charge < -0.3 is 35.3 Å². The van der Waals surface area contributed by atoms with Crippen LogP contribution in [-0.4, -0.2) is 59.8 Å². The molecule has 1 aromatic rings. The molecule has 1 saturated carbocycles. The molecule has 7 heteroatoms. The first-order chi connectivity index (χ1) is 16.9. The number of hydrogen-bond donors (Lipinski definition) is 4. The number of ether oxygens (including phenoxy) is 1. The third-order valence-corrected chi connectivity index (χ3v) is 7.49. The van der Waals surface area contributed by atoms with Crippen molar-refractivity contribution in [3.05, 3.63) is 29.3 Å². The first-order valence-corrected chi connectivity index (χ1v) is 13.6. The molecule has 1 aromatic carbocycles. The molecule has 0 heterocycles. The van der Waals surface area contributed by atoms with Crippen LogP contribution in [-0.2, 0) is 17.6 Å². The zero-order valence-electron chi connectivity index (χ0n) is 21.7. The average Bonchev–Trinajstić information content (AvgIpc) is 3.14. The van der Waals surface area contributed by atoms with Gasteiger partial charge in [0.05, 0.1) is 37.9 Å². The zero-order valence-corrected chi connectivity index (χ0v) is 21.7. The molecule has 1 fully saturated rings. The predicted molar refractivity (Wildman–Crippen MR) is 134 cm³/mol. The van der Waals surface area contributed by atoms with E-state index in [1.165, 1.54) is 12.0 Å². The summed E-state index contributed by atoms with van der Waals surface area (Å²) >= 11 is 0. The first-order valence-electron chi connectivity index (χ1n) is 13.6. The van der Waals surface area contributed by atoms with Gasteiger partial charge in [0.2, 0.25) is 0 Å². The molecule has 0 saturated heterocycles. The van der Waals surface area contributed by atoms with E-state index in [9.17, 15) is 20.1 Å². The Kier molecular flexibility index (Phi) is 13.6. The fraction of sp³-hybridized carbons (Fsp3) is 0.750. The second kappa shape index (κ2) is 16.1. The van der Waals surface area contributed by atoms with Crippen LogP contribution >= 0.6 is 0 Å². The number of benzene rings is 1. The van der Waals surface area contributed by atoms with Gasteiger partial charge in [-0.15, -0.1) is 0 Å². The Balaban J connectivity index is 0.000000540. The van der Waals surface area contributed by atoms with Crippen LogP contribution in [0.5, 0.6) is 5.75 Å². The lowest BCUT2D eigenvalue weighted by Gasteiger charge is -2.32. The Labute approximate surface area is 210 Å². The molecular weight excluding hydrogens is 446 g/mol. The van der Waals surface area contributed by atoms with Crippen molar-refractivity contribution in [2.75, 3.05) is 26.3 Å². The summed E-state index contributed by atoms with van der Waals surface area (Å²) in [6.07, 6.45) is 8.95. The van der Waals surface area contributed by atoms with Gasteiger partial charge in [-0.25, -0.2) is 0 Å². The molecule has 2 aliphatic rings. The Hall–Kier alpha value is -1.67. The quantitative estimate of drug-likeness (QED) is 0.289. The van der Waals surface area contributed by atoms with Crippen LogP contribution in [0.25, 0.3) is 0 Å². The van der Waals surface area contributed by atoms with E-state index < -0.39 is 12.6 Å². The molecule has 0 radical (unpaired) electrons. The number of carboxylic acids is 1. The molecule has 0 aliphatic heterocycles. The number of carboxylic acid groups (broad SMARTS) is 1. The van der Waals surface area contributed by atoms with Crippen molar-refractivity contribution in [1.82, 2.24) is 0 Å². The number of aliphatic hydroxyl groups is 3. The number of aliphatic hydroxyl groups excluding tert-OH is 3. The largest absolute Gasteiger partial charge is 0.546 e. The SMILES string of the molecule is CCCCC[C@H](O)CC[C@@H]1[C@H]2Cc3cccc(OCC(=O)[O-])c3C[C@H]2C[C@H]1O.CCC[NH2+]CCO. The molecule has 0 bridgehead atoms. The van der Waals surface area contributed by atoms with E-state index in [1.54, 1.807) is 0 Å². The van der Waals surface area contributed by atoms with Gasteiger partial charge in [-0.1, -0.05) is 45.2 Å². The number of fused-ring (bicyclic) bond motifs is 2. The number of carbonyl (C=O) groups excluding carboxylic acids is 1. The maximum atomic E-state index is 10.7. The summed E-state index contributed by atoms with van der Waals surface area (Å²) < 4.78 is 5.44. The molecule has 3 rings (SSSR count). The average molecular weight is 494 g/mol. The van der Waals surface area contributed by atoms with Crippen molar-refractivity contribution >= 4 is 5.97 Å². The van der Waals surface area contributed by atoms with E-state index in [0.717, 1.165) is 76.4 Å².